The first-order valence-corrected chi connectivity index (χ1v) is 6.79. The summed E-state index contributed by atoms with van der Waals surface area (Å²) in [5, 5.41) is 3.34. The van der Waals surface area contributed by atoms with E-state index in [1.165, 1.54) is 36.1 Å². The van der Waals surface area contributed by atoms with Gasteiger partial charge in [0.1, 0.15) is 5.75 Å². The number of fused-ring (bicyclic) bond motifs is 1. The fraction of sp³-hybridized carbons (Fsp3) is 0.600. The van der Waals surface area contributed by atoms with Gasteiger partial charge in [-0.05, 0) is 49.4 Å². The van der Waals surface area contributed by atoms with Crippen LogP contribution in [-0.4, -0.2) is 20.2 Å². The minimum absolute atomic E-state index is 0.704. The summed E-state index contributed by atoms with van der Waals surface area (Å²) in [4.78, 5) is 0. The number of rotatable bonds is 3. The third-order valence-corrected chi connectivity index (χ3v) is 4.27. The van der Waals surface area contributed by atoms with Gasteiger partial charge in [-0.15, -0.1) is 0 Å². The maximum absolute atomic E-state index is 5.85. The predicted octanol–water partition coefficient (Wildman–Crippen LogP) is 2.72. The Balaban J connectivity index is 1.91. The molecule has 2 aliphatic rings. The molecule has 2 unspecified atom stereocenters. The van der Waals surface area contributed by atoms with Crippen LogP contribution >= 0.6 is 0 Å². The Hall–Kier alpha value is -1.02. The summed E-state index contributed by atoms with van der Waals surface area (Å²) in [5.41, 5.74) is 2.88. The van der Waals surface area contributed by atoms with E-state index >= 15 is 0 Å². The Labute approximate surface area is 103 Å². The van der Waals surface area contributed by atoms with Crippen molar-refractivity contribution in [3.05, 3.63) is 29.3 Å². The summed E-state index contributed by atoms with van der Waals surface area (Å²) in [6.45, 7) is 2.00. The molecule has 1 saturated carbocycles. The van der Waals surface area contributed by atoms with Crippen LogP contribution < -0.4 is 10.1 Å². The average Bonchev–Trinajstić information content (AvgIpc) is 2.96. The molecule has 0 amide bonds. The lowest BCUT2D eigenvalue weighted by Gasteiger charge is -2.21. The maximum Gasteiger partial charge on any atom is 0.126 e. The monoisotopic (exact) mass is 231 g/mol. The lowest BCUT2D eigenvalue weighted by Crippen LogP contribution is -2.21. The van der Waals surface area contributed by atoms with Crippen molar-refractivity contribution in [1.29, 1.82) is 0 Å². The fourth-order valence-corrected chi connectivity index (χ4v) is 3.49. The number of para-hydroxylation sites is 1. The van der Waals surface area contributed by atoms with Crippen LogP contribution in [0.2, 0.25) is 0 Å². The molecule has 1 aromatic rings. The van der Waals surface area contributed by atoms with Crippen molar-refractivity contribution < 1.29 is 4.74 Å². The first-order valence-electron chi connectivity index (χ1n) is 6.79. The van der Waals surface area contributed by atoms with Gasteiger partial charge in [0.2, 0.25) is 0 Å². The molecule has 0 bridgehead atoms. The molecule has 2 nitrogen and oxygen atoms in total. The SMILES string of the molecule is CNCC1CCCC1c1cccc2c1OCC2. The molecule has 0 radical (unpaired) electrons. The van der Waals surface area contributed by atoms with E-state index in [-0.39, 0.29) is 0 Å². The van der Waals surface area contributed by atoms with Crippen molar-refractivity contribution in [3.63, 3.8) is 0 Å². The van der Waals surface area contributed by atoms with E-state index in [2.05, 4.69) is 30.6 Å². The highest BCUT2D eigenvalue weighted by atomic mass is 16.5. The van der Waals surface area contributed by atoms with Crippen LogP contribution in [0.1, 0.15) is 36.3 Å². The van der Waals surface area contributed by atoms with E-state index in [9.17, 15) is 0 Å². The summed E-state index contributed by atoms with van der Waals surface area (Å²) < 4.78 is 5.85. The Bertz CT molecular complexity index is 402. The van der Waals surface area contributed by atoms with E-state index in [1.807, 2.05) is 0 Å². The standard InChI is InChI=1S/C15H21NO/c1-16-10-12-5-3-6-13(12)14-7-2-4-11-8-9-17-15(11)14/h2,4,7,12-13,16H,3,5-6,8-10H2,1H3. The number of hydrogen-bond donors (Lipinski definition) is 1. The summed E-state index contributed by atoms with van der Waals surface area (Å²) in [6, 6.07) is 6.70. The zero-order valence-electron chi connectivity index (χ0n) is 10.5. The quantitative estimate of drug-likeness (QED) is 0.863. The average molecular weight is 231 g/mol. The molecule has 0 spiro atoms. The molecule has 1 aromatic carbocycles. The molecule has 1 fully saturated rings. The van der Waals surface area contributed by atoms with Crippen LogP contribution in [0, 0.1) is 5.92 Å². The summed E-state index contributed by atoms with van der Waals surface area (Å²) in [6.07, 6.45) is 5.13. The van der Waals surface area contributed by atoms with Crippen LogP contribution in [-0.2, 0) is 6.42 Å². The number of ether oxygens (including phenoxy) is 1. The lowest BCUT2D eigenvalue weighted by atomic mass is 9.87. The van der Waals surface area contributed by atoms with Crippen molar-refractivity contribution in [1.82, 2.24) is 5.32 Å². The second-order valence-electron chi connectivity index (χ2n) is 5.29. The van der Waals surface area contributed by atoms with Crippen LogP contribution in [0.5, 0.6) is 5.75 Å². The Morgan fingerprint density at radius 3 is 3.18 bits per heavy atom. The van der Waals surface area contributed by atoms with Crippen molar-refractivity contribution >= 4 is 0 Å². The summed E-state index contributed by atoms with van der Waals surface area (Å²) in [5.74, 6) is 2.70. The Morgan fingerprint density at radius 1 is 1.35 bits per heavy atom. The molecule has 0 saturated heterocycles. The molecular weight excluding hydrogens is 210 g/mol. The molecule has 2 heteroatoms. The number of benzene rings is 1. The molecule has 2 atom stereocenters. The van der Waals surface area contributed by atoms with Gasteiger partial charge in [-0.3, -0.25) is 0 Å². The van der Waals surface area contributed by atoms with Gasteiger partial charge in [-0.1, -0.05) is 24.6 Å². The minimum Gasteiger partial charge on any atom is -0.493 e. The highest BCUT2D eigenvalue weighted by molar-refractivity contribution is 5.46. The lowest BCUT2D eigenvalue weighted by molar-refractivity contribution is 0.346. The Kier molecular flexibility index (Phi) is 3.06. The molecule has 1 aliphatic heterocycles. The Morgan fingerprint density at radius 2 is 2.29 bits per heavy atom. The van der Waals surface area contributed by atoms with Gasteiger partial charge in [-0.2, -0.15) is 0 Å². The first kappa shape index (κ1) is 11.1. The molecule has 17 heavy (non-hydrogen) atoms. The van der Waals surface area contributed by atoms with Gasteiger partial charge < -0.3 is 10.1 Å². The fourth-order valence-electron chi connectivity index (χ4n) is 3.49. The summed E-state index contributed by atoms with van der Waals surface area (Å²) in [7, 11) is 2.06. The highest BCUT2D eigenvalue weighted by Crippen LogP contribution is 2.44. The predicted molar refractivity (Wildman–Crippen MR) is 69.6 cm³/mol. The topological polar surface area (TPSA) is 21.3 Å². The van der Waals surface area contributed by atoms with Crippen molar-refractivity contribution in [2.24, 2.45) is 5.92 Å². The molecule has 1 aliphatic carbocycles. The van der Waals surface area contributed by atoms with Gasteiger partial charge in [0, 0.05) is 6.42 Å². The molecule has 1 heterocycles. The van der Waals surface area contributed by atoms with Gasteiger partial charge >= 0.3 is 0 Å². The highest BCUT2D eigenvalue weighted by Gasteiger charge is 2.31. The normalized spacial score (nSPS) is 26.9. The smallest absolute Gasteiger partial charge is 0.126 e. The van der Waals surface area contributed by atoms with E-state index in [1.54, 1.807) is 0 Å². The number of nitrogens with one attached hydrogen (secondary N) is 1. The third kappa shape index (κ3) is 1.95. The first-order chi connectivity index (χ1) is 8.40. The van der Waals surface area contributed by atoms with Crippen molar-refractivity contribution in [2.75, 3.05) is 20.2 Å². The van der Waals surface area contributed by atoms with Gasteiger partial charge in [0.05, 0.1) is 6.61 Å². The zero-order valence-corrected chi connectivity index (χ0v) is 10.5. The van der Waals surface area contributed by atoms with E-state index < -0.39 is 0 Å². The van der Waals surface area contributed by atoms with Crippen LogP contribution in [0.4, 0.5) is 0 Å². The van der Waals surface area contributed by atoms with E-state index in [0.29, 0.717) is 5.92 Å². The minimum atomic E-state index is 0.704. The zero-order chi connectivity index (χ0) is 11.7. The van der Waals surface area contributed by atoms with Crippen LogP contribution in [0.15, 0.2) is 18.2 Å². The third-order valence-electron chi connectivity index (χ3n) is 4.27. The van der Waals surface area contributed by atoms with Gasteiger partial charge in [0.25, 0.3) is 0 Å². The van der Waals surface area contributed by atoms with Crippen LogP contribution in [0.3, 0.4) is 0 Å². The number of hydrogen-bond acceptors (Lipinski definition) is 2. The largest absolute Gasteiger partial charge is 0.493 e. The van der Waals surface area contributed by atoms with Crippen LogP contribution in [0.25, 0.3) is 0 Å². The molecule has 0 aromatic heterocycles. The molecule has 1 N–H and O–H groups in total. The second-order valence-corrected chi connectivity index (χ2v) is 5.29. The molecule has 3 rings (SSSR count). The van der Waals surface area contributed by atoms with Crippen molar-refractivity contribution in [2.45, 2.75) is 31.6 Å². The maximum atomic E-state index is 5.85. The van der Waals surface area contributed by atoms with E-state index in [4.69, 9.17) is 4.74 Å². The molecular formula is C15H21NO. The summed E-state index contributed by atoms with van der Waals surface area (Å²) >= 11 is 0. The molecule has 92 valence electrons. The van der Waals surface area contributed by atoms with Gasteiger partial charge in [0.15, 0.2) is 0 Å². The second kappa shape index (κ2) is 4.69. The van der Waals surface area contributed by atoms with Gasteiger partial charge in [-0.25, -0.2) is 0 Å². The van der Waals surface area contributed by atoms with Crippen molar-refractivity contribution in [3.8, 4) is 5.75 Å². The van der Waals surface area contributed by atoms with E-state index in [0.717, 1.165) is 25.5 Å².